The zero-order valence-electron chi connectivity index (χ0n) is 10.4. The smallest absolute Gasteiger partial charge is 0.121 e. The van der Waals surface area contributed by atoms with Gasteiger partial charge in [0.25, 0.3) is 0 Å². The van der Waals surface area contributed by atoms with Crippen LogP contribution in [0.5, 0.6) is 0 Å². The van der Waals surface area contributed by atoms with E-state index in [1.54, 1.807) is 0 Å². The maximum Gasteiger partial charge on any atom is 0.121 e. The van der Waals surface area contributed by atoms with Gasteiger partial charge < -0.3 is 4.74 Å². The lowest BCUT2D eigenvalue weighted by Crippen LogP contribution is -2.32. The van der Waals surface area contributed by atoms with Gasteiger partial charge in [0, 0.05) is 6.61 Å². The Hall–Kier alpha value is -1.60. The van der Waals surface area contributed by atoms with E-state index in [-0.39, 0.29) is 11.5 Å². The van der Waals surface area contributed by atoms with E-state index in [0.717, 1.165) is 13.0 Å². The largest absolute Gasteiger partial charge is 0.365 e. The van der Waals surface area contributed by atoms with Gasteiger partial charge in [-0.15, -0.1) is 0 Å². The van der Waals surface area contributed by atoms with E-state index in [4.69, 9.17) is 4.74 Å². The first-order chi connectivity index (χ1) is 8.84. The molecule has 91 valence electrons. The summed E-state index contributed by atoms with van der Waals surface area (Å²) < 4.78 is 6.16. The number of ether oxygens (including phenoxy) is 1. The molecule has 0 N–H and O–H groups in total. The van der Waals surface area contributed by atoms with Crippen molar-refractivity contribution in [3.05, 3.63) is 78.7 Å². The first-order valence-electron chi connectivity index (χ1n) is 6.42. The van der Waals surface area contributed by atoms with Gasteiger partial charge in [0.2, 0.25) is 0 Å². The van der Waals surface area contributed by atoms with Crippen molar-refractivity contribution in [2.45, 2.75) is 12.0 Å². The second-order valence-corrected chi connectivity index (χ2v) is 4.80. The summed E-state index contributed by atoms with van der Waals surface area (Å²) in [7, 11) is 0. The molecule has 2 aromatic rings. The Balaban J connectivity index is 2.17. The highest BCUT2D eigenvalue weighted by Gasteiger charge is 2.44. The van der Waals surface area contributed by atoms with Crippen LogP contribution in [0.4, 0.5) is 0 Å². The van der Waals surface area contributed by atoms with E-state index in [9.17, 15) is 0 Å². The highest BCUT2D eigenvalue weighted by molar-refractivity contribution is 5.38. The number of rotatable bonds is 2. The quantitative estimate of drug-likeness (QED) is 0.772. The molecule has 0 aromatic heterocycles. The van der Waals surface area contributed by atoms with Crippen LogP contribution in [0, 0.1) is 12.8 Å². The predicted octanol–water partition coefficient (Wildman–Crippen LogP) is 3.80. The number of benzene rings is 2. The van der Waals surface area contributed by atoms with Crippen LogP contribution < -0.4 is 0 Å². The first kappa shape index (κ1) is 11.5. The summed E-state index contributed by atoms with van der Waals surface area (Å²) in [4.78, 5) is 0. The summed E-state index contributed by atoms with van der Waals surface area (Å²) in [6.07, 6.45) is 1.00. The third kappa shape index (κ3) is 1.67. The SMILES string of the molecule is [CH2]C1CCOC1(c1ccccc1)c1ccccc1. The Morgan fingerprint density at radius 2 is 1.39 bits per heavy atom. The van der Waals surface area contributed by atoms with E-state index >= 15 is 0 Å². The van der Waals surface area contributed by atoms with Crippen LogP contribution in [0.25, 0.3) is 0 Å². The van der Waals surface area contributed by atoms with Crippen LogP contribution in [-0.2, 0) is 10.3 Å². The molecule has 1 aliphatic heterocycles. The van der Waals surface area contributed by atoms with Gasteiger partial charge in [-0.2, -0.15) is 0 Å². The average molecular weight is 237 g/mol. The van der Waals surface area contributed by atoms with Gasteiger partial charge in [-0.1, -0.05) is 60.7 Å². The molecule has 1 aliphatic rings. The summed E-state index contributed by atoms with van der Waals surface area (Å²) in [5.74, 6) is 0.252. The van der Waals surface area contributed by atoms with Crippen molar-refractivity contribution in [3.8, 4) is 0 Å². The molecular formula is C17H17O. The molecule has 1 unspecified atom stereocenters. The molecular weight excluding hydrogens is 220 g/mol. The molecule has 1 atom stereocenters. The highest BCUT2D eigenvalue weighted by atomic mass is 16.5. The average Bonchev–Trinajstić information content (AvgIpc) is 2.84. The van der Waals surface area contributed by atoms with E-state index in [1.807, 2.05) is 12.1 Å². The lowest BCUT2D eigenvalue weighted by Gasteiger charge is -2.34. The summed E-state index contributed by atoms with van der Waals surface area (Å²) in [6.45, 7) is 5.09. The van der Waals surface area contributed by atoms with Gasteiger partial charge in [0.1, 0.15) is 5.60 Å². The second-order valence-electron chi connectivity index (χ2n) is 4.80. The van der Waals surface area contributed by atoms with Crippen LogP contribution in [0.1, 0.15) is 17.5 Å². The first-order valence-corrected chi connectivity index (χ1v) is 6.42. The summed E-state index contributed by atoms with van der Waals surface area (Å²) in [6, 6.07) is 20.9. The highest BCUT2D eigenvalue weighted by Crippen LogP contribution is 2.45. The summed E-state index contributed by atoms with van der Waals surface area (Å²) in [5, 5.41) is 0. The monoisotopic (exact) mass is 237 g/mol. The molecule has 1 nitrogen and oxygen atoms in total. The van der Waals surface area contributed by atoms with Crippen molar-refractivity contribution in [2.24, 2.45) is 5.92 Å². The normalized spacial score (nSPS) is 21.9. The van der Waals surface area contributed by atoms with Crippen LogP contribution in [0.15, 0.2) is 60.7 Å². The van der Waals surface area contributed by atoms with Crippen molar-refractivity contribution in [2.75, 3.05) is 6.61 Å². The molecule has 0 aliphatic carbocycles. The molecule has 0 spiro atoms. The Labute approximate surface area is 108 Å². The van der Waals surface area contributed by atoms with E-state index in [0.29, 0.717) is 0 Å². The van der Waals surface area contributed by atoms with Crippen molar-refractivity contribution in [3.63, 3.8) is 0 Å². The summed E-state index contributed by atoms with van der Waals surface area (Å²) >= 11 is 0. The molecule has 1 heteroatoms. The molecule has 0 amide bonds. The Kier molecular flexibility index (Phi) is 2.92. The number of hydrogen-bond acceptors (Lipinski definition) is 1. The maximum absolute atomic E-state index is 6.16. The van der Waals surface area contributed by atoms with E-state index in [1.165, 1.54) is 11.1 Å². The molecule has 2 aromatic carbocycles. The van der Waals surface area contributed by atoms with Crippen molar-refractivity contribution >= 4 is 0 Å². The van der Waals surface area contributed by atoms with Gasteiger partial charge in [0.05, 0.1) is 0 Å². The lowest BCUT2D eigenvalue weighted by molar-refractivity contribution is 0.0196. The third-order valence-electron chi connectivity index (χ3n) is 3.78. The Bertz CT molecular complexity index is 464. The zero-order chi connectivity index (χ0) is 12.4. The fourth-order valence-corrected chi connectivity index (χ4v) is 2.86. The summed E-state index contributed by atoms with van der Waals surface area (Å²) in [5.41, 5.74) is 2.03. The molecule has 3 rings (SSSR count). The van der Waals surface area contributed by atoms with Crippen molar-refractivity contribution in [1.29, 1.82) is 0 Å². The Morgan fingerprint density at radius 3 is 1.78 bits per heavy atom. The minimum absolute atomic E-state index is 0.252. The minimum Gasteiger partial charge on any atom is -0.365 e. The minimum atomic E-state index is -0.372. The molecule has 1 fully saturated rings. The molecule has 1 heterocycles. The van der Waals surface area contributed by atoms with Crippen LogP contribution >= 0.6 is 0 Å². The molecule has 1 saturated heterocycles. The molecule has 0 bridgehead atoms. The van der Waals surface area contributed by atoms with Crippen LogP contribution in [-0.4, -0.2) is 6.61 Å². The van der Waals surface area contributed by atoms with Gasteiger partial charge in [-0.05, 0) is 30.4 Å². The lowest BCUT2D eigenvalue weighted by atomic mass is 9.77. The van der Waals surface area contributed by atoms with Crippen molar-refractivity contribution in [1.82, 2.24) is 0 Å². The van der Waals surface area contributed by atoms with Crippen molar-refractivity contribution < 1.29 is 4.74 Å². The van der Waals surface area contributed by atoms with Crippen LogP contribution in [0.3, 0.4) is 0 Å². The van der Waals surface area contributed by atoms with Crippen LogP contribution in [0.2, 0.25) is 0 Å². The zero-order valence-corrected chi connectivity index (χ0v) is 10.4. The fourth-order valence-electron chi connectivity index (χ4n) is 2.86. The van der Waals surface area contributed by atoms with Gasteiger partial charge >= 0.3 is 0 Å². The Morgan fingerprint density at radius 1 is 0.889 bits per heavy atom. The fraction of sp³-hybridized carbons (Fsp3) is 0.235. The van der Waals surface area contributed by atoms with E-state index in [2.05, 4.69) is 55.5 Å². The van der Waals surface area contributed by atoms with Gasteiger partial charge in [-0.25, -0.2) is 0 Å². The topological polar surface area (TPSA) is 9.23 Å². The molecule has 1 radical (unpaired) electrons. The maximum atomic E-state index is 6.16. The second kappa shape index (κ2) is 4.58. The van der Waals surface area contributed by atoms with Gasteiger partial charge in [0.15, 0.2) is 0 Å². The van der Waals surface area contributed by atoms with E-state index < -0.39 is 0 Å². The molecule has 18 heavy (non-hydrogen) atoms. The molecule has 0 saturated carbocycles. The third-order valence-corrected chi connectivity index (χ3v) is 3.78. The number of hydrogen-bond donors (Lipinski definition) is 0. The predicted molar refractivity (Wildman–Crippen MR) is 73.1 cm³/mol. The standard InChI is InChI=1S/C17H17O/c1-14-12-13-18-17(14,15-8-4-2-5-9-15)16-10-6-3-7-11-16/h2-11,14H,1,12-13H2. The van der Waals surface area contributed by atoms with Gasteiger partial charge in [-0.3, -0.25) is 0 Å².